The number of aliphatic hydroxyl groups excluding tert-OH is 1. The Morgan fingerprint density at radius 1 is 1.03 bits per heavy atom. The smallest absolute Gasteiger partial charge is 0.249 e. The molecule has 1 amide bonds. The minimum Gasteiger partial charge on any atom is -0.396 e. The van der Waals surface area contributed by atoms with Crippen LogP contribution in [0.1, 0.15) is 18.0 Å². The molecule has 3 aromatic rings. The summed E-state index contributed by atoms with van der Waals surface area (Å²) in [5.41, 5.74) is 2.52. The third-order valence-corrected chi connectivity index (χ3v) is 8.86. The SMILES string of the molecule is O=C(NC(CCO)c1ccc(F)cc1)C1SCCN1S(=O)(=O)c1ccc(-c2ccccc2)cc1. The Kier molecular flexibility index (Phi) is 7.67. The van der Waals surface area contributed by atoms with Gasteiger partial charge in [-0.1, -0.05) is 54.6 Å². The molecule has 0 spiro atoms. The molecule has 2 unspecified atom stereocenters. The Hall–Kier alpha value is -2.72. The number of halogens is 1. The largest absolute Gasteiger partial charge is 0.396 e. The number of amides is 1. The Balaban J connectivity index is 1.52. The number of thioether (sulfide) groups is 1. The van der Waals surface area contributed by atoms with E-state index in [9.17, 15) is 22.7 Å². The molecule has 2 N–H and O–H groups in total. The normalized spacial score (nSPS) is 17.4. The van der Waals surface area contributed by atoms with E-state index in [1.54, 1.807) is 36.4 Å². The lowest BCUT2D eigenvalue weighted by atomic mass is 10.0. The summed E-state index contributed by atoms with van der Waals surface area (Å²) in [7, 11) is -3.90. The first-order valence-corrected chi connectivity index (χ1v) is 13.3. The molecule has 4 rings (SSSR count). The van der Waals surface area contributed by atoms with Gasteiger partial charge in [-0.25, -0.2) is 12.8 Å². The zero-order chi connectivity index (χ0) is 24.1. The van der Waals surface area contributed by atoms with E-state index in [0.29, 0.717) is 11.3 Å². The van der Waals surface area contributed by atoms with E-state index in [0.717, 1.165) is 11.1 Å². The fourth-order valence-corrected chi connectivity index (χ4v) is 6.97. The molecule has 178 valence electrons. The van der Waals surface area contributed by atoms with Crippen LogP contribution in [-0.2, 0) is 14.8 Å². The van der Waals surface area contributed by atoms with E-state index < -0.39 is 33.2 Å². The molecule has 1 heterocycles. The number of carbonyl (C=O) groups is 1. The van der Waals surface area contributed by atoms with E-state index in [1.165, 1.54) is 28.2 Å². The number of benzene rings is 3. The molecule has 9 heteroatoms. The third kappa shape index (κ3) is 5.33. The highest BCUT2D eigenvalue weighted by molar-refractivity contribution is 8.02. The lowest BCUT2D eigenvalue weighted by Gasteiger charge is -2.25. The molecule has 1 aliphatic rings. The highest BCUT2D eigenvalue weighted by Crippen LogP contribution is 2.32. The number of aliphatic hydroxyl groups is 1. The first-order valence-electron chi connectivity index (χ1n) is 10.9. The summed E-state index contributed by atoms with van der Waals surface area (Å²) in [6.07, 6.45) is 0.225. The Morgan fingerprint density at radius 2 is 1.68 bits per heavy atom. The van der Waals surface area contributed by atoms with Gasteiger partial charge in [-0.3, -0.25) is 4.79 Å². The summed E-state index contributed by atoms with van der Waals surface area (Å²) in [5, 5.41) is 11.3. The monoisotopic (exact) mass is 500 g/mol. The molecular formula is C25H25FN2O4S2. The molecule has 1 fully saturated rings. The number of nitrogens with one attached hydrogen (secondary N) is 1. The van der Waals surface area contributed by atoms with Gasteiger partial charge in [0, 0.05) is 18.9 Å². The van der Waals surface area contributed by atoms with E-state index in [4.69, 9.17) is 0 Å². The maximum Gasteiger partial charge on any atom is 0.249 e. The third-order valence-electron chi connectivity index (χ3n) is 5.65. The van der Waals surface area contributed by atoms with Crippen LogP contribution in [0.4, 0.5) is 4.39 Å². The number of sulfonamides is 1. The van der Waals surface area contributed by atoms with E-state index >= 15 is 0 Å². The topological polar surface area (TPSA) is 86.7 Å². The van der Waals surface area contributed by atoms with Gasteiger partial charge < -0.3 is 10.4 Å². The Morgan fingerprint density at radius 3 is 2.32 bits per heavy atom. The van der Waals surface area contributed by atoms with Crippen LogP contribution in [0.5, 0.6) is 0 Å². The highest BCUT2D eigenvalue weighted by atomic mass is 32.2. The molecule has 0 aromatic heterocycles. The summed E-state index contributed by atoms with van der Waals surface area (Å²) in [4.78, 5) is 13.2. The minimum absolute atomic E-state index is 0.123. The fraction of sp³-hybridized carbons (Fsp3) is 0.240. The molecule has 0 saturated carbocycles. The minimum atomic E-state index is -3.90. The molecule has 0 aliphatic carbocycles. The van der Waals surface area contributed by atoms with Crippen molar-refractivity contribution in [2.75, 3.05) is 18.9 Å². The van der Waals surface area contributed by atoms with Crippen molar-refractivity contribution in [3.63, 3.8) is 0 Å². The molecular weight excluding hydrogens is 475 g/mol. The second-order valence-electron chi connectivity index (χ2n) is 7.85. The van der Waals surface area contributed by atoms with Crippen LogP contribution in [0.3, 0.4) is 0 Å². The predicted octanol–water partition coefficient (Wildman–Crippen LogP) is 3.80. The highest BCUT2D eigenvalue weighted by Gasteiger charge is 2.40. The maximum absolute atomic E-state index is 13.4. The second-order valence-corrected chi connectivity index (χ2v) is 10.9. The van der Waals surface area contributed by atoms with Crippen LogP contribution < -0.4 is 5.32 Å². The van der Waals surface area contributed by atoms with E-state index in [1.807, 2.05) is 30.3 Å². The van der Waals surface area contributed by atoms with Crippen molar-refractivity contribution in [1.82, 2.24) is 9.62 Å². The van der Waals surface area contributed by atoms with Gasteiger partial charge in [0.05, 0.1) is 10.9 Å². The summed E-state index contributed by atoms with van der Waals surface area (Å²) < 4.78 is 41.2. The average molecular weight is 501 g/mol. The molecule has 0 bridgehead atoms. The maximum atomic E-state index is 13.4. The van der Waals surface area contributed by atoms with Gasteiger partial charge in [0.1, 0.15) is 11.2 Å². The van der Waals surface area contributed by atoms with E-state index in [2.05, 4.69) is 5.32 Å². The number of hydrogen-bond acceptors (Lipinski definition) is 5. The standard InChI is InChI=1S/C25H25FN2O4S2/c26-21-10-6-20(7-11-21)23(14-16-29)27-24(30)25-28(15-17-33-25)34(31,32)22-12-8-19(9-13-22)18-4-2-1-3-5-18/h1-13,23,25,29H,14-17H2,(H,27,30). The molecule has 1 saturated heterocycles. The van der Waals surface area contributed by atoms with E-state index in [-0.39, 0.29) is 24.5 Å². The lowest BCUT2D eigenvalue weighted by Crippen LogP contribution is -2.45. The Bertz CT molecular complexity index is 1220. The van der Waals surface area contributed by atoms with Gasteiger partial charge in [-0.15, -0.1) is 11.8 Å². The van der Waals surface area contributed by atoms with Crippen molar-refractivity contribution in [2.45, 2.75) is 22.7 Å². The van der Waals surface area contributed by atoms with Crippen molar-refractivity contribution >= 4 is 27.7 Å². The predicted molar refractivity (Wildman–Crippen MR) is 131 cm³/mol. The van der Waals surface area contributed by atoms with Gasteiger partial charge >= 0.3 is 0 Å². The summed E-state index contributed by atoms with van der Waals surface area (Å²) in [6, 6.07) is 21.4. The van der Waals surface area contributed by atoms with Crippen molar-refractivity contribution in [1.29, 1.82) is 0 Å². The number of nitrogens with zero attached hydrogens (tertiary/aromatic N) is 1. The molecule has 3 aromatic carbocycles. The number of carbonyl (C=O) groups excluding carboxylic acids is 1. The zero-order valence-electron chi connectivity index (χ0n) is 18.3. The molecule has 0 radical (unpaired) electrons. The van der Waals surface area contributed by atoms with Gasteiger partial charge in [-0.05, 0) is 47.4 Å². The molecule has 6 nitrogen and oxygen atoms in total. The van der Waals surface area contributed by atoms with Crippen molar-refractivity contribution in [3.05, 3.63) is 90.2 Å². The van der Waals surface area contributed by atoms with Crippen LogP contribution in [0.25, 0.3) is 11.1 Å². The fourth-order valence-electron chi connectivity index (χ4n) is 3.88. The number of rotatable bonds is 8. The second kappa shape index (κ2) is 10.7. The van der Waals surface area contributed by atoms with Gasteiger partial charge in [-0.2, -0.15) is 4.31 Å². The van der Waals surface area contributed by atoms with Crippen molar-refractivity contribution < 1.29 is 22.7 Å². The van der Waals surface area contributed by atoms with Gasteiger partial charge in [0.2, 0.25) is 15.9 Å². The van der Waals surface area contributed by atoms with Crippen LogP contribution in [0.2, 0.25) is 0 Å². The first-order chi connectivity index (χ1) is 16.4. The molecule has 1 aliphatic heterocycles. The Labute approximate surface area is 202 Å². The zero-order valence-corrected chi connectivity index (χ0v) is 19.9. The number of hydrogen-bond donors (Lipinski definition) is 2. The summed E-state index contributed by atoms with van der Waals surface area (Å²) >= 11 is 1.25. The average Bonchev–Trinajstić information content (AvgIpc) is 3.36. The van der Waals surface area contributed by atoms with Gasteiger partial charge in [0.25, 0.3) is 0 Å². The summed E-state index contributed by atoms with van der Waals surface area (Å²) in [6.45, 7) is 0.0304. The quantitative estimate of drug-likeness (QED) is 0.492. The molecule has 2 atom stereocenters. The molecule has 34 heavy (non-hydrogen) atoms. The summed E-state index contributed by atoms with van der Waals surface area (Å²) in [5.74, 6) is -0.379. The first kappa shape index (κ1) is 24.4. The van der Waals surface area contributed by atoms with Crippen LogP contribution in [0.15, 0.2) is 83.8 Å². The van der Waals surface area contributed by atoms with Crippen LogP contribution in [-0.4, -0.2) is 48.0 Å². The van der Waals surface area contributed by atoms with Crippen molar-refractivity contribution in [2.24, 2.45) is 0 Å². The van der Waals surface area contributed by atoms with Gasteiger partial charge in [0.15, 0.2) is 0 Å². The lowest BCUT2D eigenvalue weighted by molar-refractivity contribution is -0.123. The van der Waals surface area contributed by atoms with Crippen molar-refractivity contribution in [3.8, 4) is 11.1 Å². The van der Waals surface area contributed by atoms with Crippen LogP contribution >= 0.6 is 11.8 Å². The van der Waals surface area contributed by atoms with Crippen LogP contribution in [0, 0.1) is 5.82 Å².